The number of carbonyl (C=O) groups excluding carboxylic acids is 1. The van der Waals surface area contributed by atoms with Crippen LogP contribution in [0.2, 0.25) is 5.02 Å². The molecule has 0 spiro atoms. The zero-order valence-electron chi connectivity index (χ0n) is 18.6. The van der Waals surface area contributed by atoms with E-state index in [2.05, 4.69) is 0 Å². The summed E-state index contributed by atoms with van der Waals surface area (Å²) >= 11 is 5.62. The maximum atomic E-state index is 13.8. The Hall–Kier alpha value is -2.00. The van der Waals surface area contributed by atoms with Crippen molar-refractivity contribution in [2.45, 2.75) is 61.8 Å². The van der Waals surface area contributed by atoms with Gasteiger partial charge in [-0.2, -0.15) is 13.2 Å². The van der Waals surface area contributed by atoms with E-state index in [1.54, 1.807) is 0 Å². The van der Waals surface area contributed by atoms with Crippen LogP contribution in [0.15, 0.2) is 41.3 Å². The normalized spacial score (nSPS) is 19.1. The molecule has 0 amide bonds. The van der Waals surface area contributed by atoms with Crippen LogP contribution in [0.5, 0.6) is 0 Å². The molecule has 34 heavy (non-hydrogen) atoms. The minimum atomic E-state index is -4.87. The van der Waals surface area contributed by atoms with Crippen LogP contribution in [-0.4, -0.2) is 18.9 Å². The molecule has 0 saturated heterocycles. The molecule has 0 radical (unpaired) electrons. The highest BCUT2D eigenvalue weighted by molar-refractivity contribution is 7.92. The molecular formula is C24H24ClF5O3S. The van der Waals surface area contributed by atoms with Gasteiger partial charge in [0.25, 0.3) is 0 Å². The van der Waals surface area contributed by atoms with Crippen molar-refractivity contribution in [3.63, 3.8) is 0 Å². The predicted molar refractivity (Wildman–Crippen MR) is 118 cm³/mol. The second kappa shape index (κ2) is 9.57. The highest BCUT2D eigenvalue weighted by Gasteiger charge is 2.48. The minimum absolute atomic E-state index is 0.0671. The Kier molecular flexibility index (Phi) is 7.49. The van der Waals surface area contributed by atoms with Crippen LogP contribution in [0.4, 0.5) is 22.0 Å². The summed E-state index contributed by atoms with van der Waals surface area (Å²) in [6.45, 7) is 2.89. The van der Waals surface area contributed by atoms with Crippen molar-refractivity contribution in [2.24, 2.45) is 11.8 Å². The highest BCUT2D eigenvalue weighted by Crippen LogP contribution is 2.48. The molecule has 186 valence electrons. The zero-order chi connectivity index (χ0) is 25.5. The van der Waals surface area contributed by atoms with E-state index in [4.69, 9.17) is 11.6 Å². The summed E-state index contributed by atoms with van der Waals surface area (Å²) in [5.74, 6) is -2.31. The second-order valence-corrected chi connectivity index (χ2v) is 12.2. The van der Waals surface area contributed by atoms with Gasteiger partial charge in [0, 0.05) is 12.0 Å². The van der Waals surface area contributed by atoms with Gasteiger partial charge >= 0.3 is 6.18 Å². The van der Waals surface area contributed by atoms with Crippen LogP contribution in [0.3, 0.4) is 0 Å². The fourth-order valence-electron chi connectivity index (χ4n) is 4.31. The predicted octanol–water partition coefficient (Wildman–Crippen LogP) is 7.27. The number of rotatable bonds is 8. The lowest BCUT2D eigenvalue weighted by Crippen LogP contribution is -2.46. The summed E-state index contributed by atoms with van der Waals surface area (Å²) in [5.41, 5.74) is -1.12. The maximum Gasteiger partial charge on any atom is 0.416 e. The average molecular weight is 523 g/mol. The van der Waals surface area contributed by atoms with E-state index in [1.807, 2.05) is 0 Å². The molecule has 1 saturated carbocycles. The first-order valence-corrected chi connectivity index (χ1v) is 12.6. The first-order chi connectivity index (χ1) is 15.6. The number of ketones is 1. The van der Waals surface area contributed by atoms with Gasteiger partial charge in [0.2, 0.25) is 0 Å². The molecule has 0 heterocycles. The fraction of sp³-hybridized carbons (Fsp3) is 0.458. The van der Waals surface area contributed by atoms with Gasteiger partial charge in [-0.15, -0.1) is 0 Å². The van der Waals surface area contributed by atoms with E-state index < -0.39 is 42.9 Å². The molecule has 0 atom stereocenters. The van der Waals surface area contributed by atoms with Gasteiger partial charge < -0.3 is 0 Å². The van der Waals surface area contributed by atoms with Crippen molar-refractivity contribution in [3.05, 3.63) is 64.2 Å². The first kappa shape index (κ1) is 26.6. The number of Topliss-reactive ketones (excluding diaryl/α,β-unsaturated/α-hetero) is 1. The fourth-order valence-corrected chi connectivity index (χ4v) is 6.22. The van der Waals surface area contributed by atoms with E-state index in [0.717, 1.165) is 6.07 Å². The van der Waals surface area contributed by atoms with Crippen molar-refractivity contribution in [1.29, 1.82) is 0 Å². The lowest BCUT2D eigenvalue weighted by Gasteiger charge is -2.45. The first-order valence-electron chi connectivity index (χ1n) is 10.7. The Balaban J connectivity index is 1.59. The van der Waals surface area contributed by atoms with E-state index >= 15 is 0 Å². The number of hydrogen-bond donors (Lipinski definition) is 0. The molecular weight excluding hydrogens is 499 g/mol. The molecule has 0 bridgehead atoms. The van der Waals surface area contributed by atoms with E-state index in [-0.39, 0.29) is 40.7 Å². The summed E-state index contributed by atoms with van der Waals surface area (Å²) in [6, 6.07) is 5.23. The van der Waals surface area contributed by atoms with E-state index in [1.165, 1.54) is 26.0 Å². The quantitative estimate of drug-likeness (QED) is 0.270. The molecule has 2 aromatic carbocycles. The van der Waals surface area contributed by atoms with Crippen molar-refractivity contribution in [2.75, 3.05) is 0 Å². The molecule has 1 aliphatic rings. The minimum Gasteiger partial charge on any atom is -0.294 e. The summed E-state index contributed by atoms with van der Waals surface area (Å²) in [4.78, 5) is 11.5. The Labute approximate surface area is 200 Å². The SMILES string of the molecule is CC(C)(C1CC(CCCC(=O)c2ccc(Cl)c(F)c2)C1)S(=O)(=O)c1cc(F)cc(C(F)(F)F)c1. The molecule has 1 fully saturated rings. The third-order valence-corrected chi connectivity index (χ3v) is 9.56. The number of benzene rings is 2. The molecule has 0 N–H and O–H groups in total. The standard InChI is InChI=1S/C24H24ClF5O3S/c1-23(2,34(32,33)19-12-17(24(28,29)30)11-18(26)13-19)16-8-14(9-16)4-3-5-22(31)15-6-7-20(25)21(27)10-15/h6-7,10-14,16H,3-5,8-9H2,1-2H3. The van der Waals surface area contributed by atoms with Gasteiger partial charge in [-0.1, -0.05) is 11.6 Å². The van der Waals surface area contributed by atoms with Crippen molar-refractivity contribution >= 4 is 27.2 Å². The van der Waals surface area contributed by atoms with Crippen LogP contribution in [0, 0.1) is 23.5 Å². The third kappa shape index (κ3) is 5.46. The van der Waals surface area contributed by atoms with Crippen LogP contribution in [0.25, 0.3) is 0 Å². The van der Waals surface area contributed by atoms with E-state index in [9.17, 15) is 35.2 Å². The highest BCUT2D eigenvalue weighted by atomic mass is 35.5. The number of carbonyl (C=O) groups is 1. The van der Waals surface area contributed by atoms with Gasteiger partial charge in [-0.3, -0.25) is 4.79 Å². The summed E-state index contributed by atoms with van der Waals surface area (Å²) < 4.78 is 91.2. The van der Waals surface area contributed by atoms with Crippen LogP contribution in [0.1, 0.15) is 61.9 Å². The van der Waals surface area contributed by atoms with Crippen molar-refractivity contribution in [1.82, 2.24) is 0 Å². The monoisotopic (exact) mass is 522 g/mol. The zero-order valence-corrected chi connectivity index (χ0v) is 20.1. The molecule has 3 rings (SSSR count). The van der Waals surface area contributed by atoms with Crippen molar-refractivity contribution < 1.29 is 35.2 Å². The third-order valence-electron chi connectivity index (χ3n) is 6.68. The molecule has 3 nitrogen and oxygen atoms in total. The lowest BCUT2D eigenvalue weighted by molar-refractivity contribution is -0.137. The number of sulfone groups is 1. The number of hydrogen-bond acceptors (Lipinski definition) is 3. The number of halogens is 6. The van der Waals surface area contributed by atoms with Crippen LogP contribution >= 0.6 is 11.6 Å². The Morgan fingerprint density at radius 1 is 1.06 bits per heavy atom. The van der Waals surface area contributed by atoms with Crippen LogP contribution < -0.4 is 0 Å². The molecule has 10 heteroatoms. The molecule has 0 unspecified atom stereocenters. The molecule has 0 aliphatic heterocycles. The van der Waals surface area contributed by atoms with Gasteiger partial charge in [0.1, 0.15) is 11.6 Å². The maximum absolute atomic E-state index is 13.8. The average Bonchev–Trinajstić information content (AvgIpc) is 2.70. The Morgan fingerprint density at radius 3 is 2.29 bits per heavy atom. The Morgan fingerprint density at radius 2 is 1.71 bits per heavy atom. The number of alkyl halides is 3. The molecule has 1 aliphatic carbocycles. The summed E-state index contributed by atoms with van der Waals surface area (Å²) in [7, 11) is -4.25. The van der Waals surface area contributed by atoms with E-state index in [0.29, 0.717) is 37.8 Å². The topological polar surface area (TPSA) is 51.2 Å². The largest absolute Gasteiger partial charge is 0.416 e. The van der Waals surface area contributed by atoms with Gasteiger partial charge in [0.15, 0.2) is 15.6 Å². The second-order valence-electron chi connectivity index (χ2n) is 9.26. The summed E-state index contributed by atoms with van der Waals surface area (Å²) in [5, 5.41) is -0.0671. The van der Waals surface area contributed by atoms with Gasteiger partial charge in [-0.25, -0.2) is 17.2 Å². The molecule has 2 aromatic rings. The summed E-state index contributed by atoms with van der Waals surface area (Å²) in [6.07, 6.45) is -2.42. The van der Waals surface area contributed by atoms with Crippen LogP contribution in [-0.2, 0) is 16.0 Å². The van der Waals surface area contributed by atoms with Crippen molar-refractivity contribution in [3.8, 4) is 0 Å². The smallest absolute Gasteiger partial charge is 0.294 e. The van der Waals surface area contributed by atoms with Gasteiger partial charge in [0.05, 0.1) is 20.2 Å². The molecule has 0 aromatic heterocycles. The van der Waals surface area contributed by atoms with Gasteiger partial charge in [-0.05, 0) is 87.8 Å². The lowest BCUT2D eigenvalue weighted by atomic mass is 9.67. The Bertz CT molecular complexity index is 1190.